The fourth-order valence-electron chi connectivity index (χ4n) is 2.41. The Morgan fingerprint density at radius 1 is 1.40 bits per heavy atom. The fourth-order valence-corrected chi connectivity index (χ4v) is 5.65. The van der Waals surface area contributed by atoms with Crippen molar-refractivity contribution < 1.29 is 23.1 Å². The third-order valence-electron chi connectivity index (χ3n) is 4.13. The maximum absolute atomic E-state index is 12.6. The van der Waals surface area contributed by atoms with E-state index < -0.39 is 20.6 Å². The van der Waals surface area contributed by atoms with Crippen molar-refractivity contribution in [1.29, 1.82) is 5.26 Å². The second-order valence-electron chi connectivity index (χ2n) is 7.31. The van der Waals surface area contributed by atoms with Gasteiger partial charge in [0.25, 0.3) is 5.91 Å². The van der Waals surface area contributed by atoms with E-state index in [1.54, 1.807) is 23.6 Å². The van der Waals surface area contributed by atoms with Crippen molar-refractivity contribution in [3.05, 3.63) is 31.7 Å². The molecule has 11 heteroatoms. The second-order valence-corrected chi connectivity index (χ2v) is 12.6. The lowest BCUT2D eigenvalue weighted by molar-refractivity contribution is -0.137. The molecule has 1 aromatic rings. The summed E-state index contributed by atoms with van der Waals surface area (Å²) in [6.45, 7) is 4.79. The molecule has 160 valence electrons. The molecule has 0 radical (unpaired) electrons. The molecule has 1 amide bonds. The van der Waals surface area contributed by atoms with Gasteiger partial charge < -0.3 is 5.11 Å². The van der Waals surface area contributed by atoms with Crippen LogP contribution in [0.4, 0.5) is 0 Å². The predicted octanol–water partition coefficient (Wildman–Crippen LogP) is 3.89. The molecule has 7 nitrogen and oxygen atoms in total. The van der Waals surface area contributed by atoms with Crippen LogP contribution in [0.5, 0.6) is 0 Å². The molecule has 0 aromatic carbocycles. The Morgan fingerprint density at radius 2 is 2.07 bits per heavy atom. The molecule has 1 aliphatic rings. The molecule has 0 aliphatic carbocycles. The van der Waals surface area contributed by atoms with E-state index in [0.29, 0.717) is 19.7 Å². The molecule has 0 saturated carbocycles. The van der Waals surface area contributed by atoms with Crippen molar-refractivity contribution >= 4 is 73.5 Å². The Bertz CT molecular complexity index is 1080. The molecule has 0 spiro atoms. The van der Waals surface area contributed by atoms with Gasteiger partial charge in [-0.15, -0.1) is 11.3 Å². The van der Waals surface area contributed by atoms with Gasteiger partial charge in [0, 0.05) is 17.8 Å². The van der Waals surface area contributed by atoms with Gasteiger partial charge in [-0.05, 0) is 56.4 Å². The lowest BCUT2D eigenvalue weighted by Crippen LogP contribution is -2.29. The van der Waals surface area contributed by atoms with Crippen LogP contribution in [-0.4, -0.2) is 45.9 Å². The Balaban J connectivity index is 2.32. The second kappa shape index (κ2) is 9.43. The zero-order chi connectivity index (χ0) is 22.7. The number of nitrogens with zero attached hydrogens (tertiary/aromatic N) is 2. The van der Waals surface area contributed by atoms with Gasteiger partial charge in [-0.2, -0.15) is 5.26 Å². The number of amides is 1. The number of carboxylic acids is 1. The van der Waals surface area contributed by atoms with Crippen molar-refractivity contribution in [3.63, 3.8) is 0 Å². The number of thiocarbonyl (C=S) groups is 1. The van der Waals surface area contributed by atoms with Gasteiger partial charge in [0.15, 0.2) is 9.84 Å². The van der Waals surface area contributed by atoms with E-state index in [-0.39, 0.29) is 30.2 Å². The maximum atomic E-state index is 12.6. The van der Waals surface area contributed by atoms with Crippen LogP contribution in [0.1, 0.15) is 44.1 Å². The minimum Gasteiger partial charge on any atom is -0.481 e. The number of nitriles is 1. The maximum Gasteiger partial charge on any atom is 0.303 e. The molecule has 1 aliphatic heterocycles. The van der Waals surface area contributed by atoms with Crippen molar-refractivity contribution in [3.8, 4) is 6.07 Å². The van der Waals surface area contributed by atoms with Gasteiger partial charge in [0.2, 0.25) is 0 Å². The summed E-state index contributed by atoms with van der Waals surface area (Å²) in [7, 11) is -3.82. The van der Waals surface area contributed by atoms with Crippen LogP contribution in [0, 0.1) is 11.3 Å². The summed E-state index contributed by atoms with van der Waals surface area (Å²) in [6.07, 6.45) is 3.16. The van der Waals surface area contributed by atoms with Gasteiger partial charge in [-0.25, -0.2) is 8.42 Å². The third-order valence-corrected chi connectivity index (χ3v) is 8.79. The summed E-state index contributed by atoms with van der Waals surface area (Å²) in [6, 6.07) is 3.50. The van der Waals surface area contributed by atoms with E-state index in [2.05, 4.69) is 0 Å². The number of carbonyl (C=O) groups excluding carboxylic acids is 1. The van der Waals surface area contributed by atoms with E-state index in [9.17, 15) is 23.3 Å². The number of rotatable bonds is 7. The highest BCUT2D eigenvalue weighted by molar-refractivity contribution is 8.26. The Labute approximate surface area is 189 Å². The lowest BCUT2D eigenvalue weighted by atomic mass is 10.2. The van der Waals surface area contributed by atoms with E-state index in [1.165, 1.54) is 43.1 Å². The molecule has 1 saturated heterocycles. The van der Waals surface area contributed by atoms with Crippen LogP contribution in [0.15, 0.2) is 21.3 Å². The largest absolute Gasteiger partial charge is 0.481 e. The quantitative estimate of drug-likeness (QED) is 0.352. The number of aliphatic carboxylic acids is 1. The van der Waals surface area contributed by atoms with Gasteiger partial charge in [0.1, 0.15) is 15.3 Å². The highest BCUT2D eigenvalue weighted by Crippen LogP contribution is 2.35. The smallest absolute Gasteiger partial charge is 0.303 e. The van der Waals surface area contributed by atoms with Gasteiger partial charge >= 0.3 is 5.97 Å². The monoisotopic (exact) mass is 484 g/mol. The number of thiophene rings is 1. The van der Waals surface area contributed by atoms with Crippen LogP contribution >= 0.6 is 35.3 Å². The predicted molar refractivity (Wildman–Crippen MR) is 123 cm³/mol. The summed E-state index contributed by atoms with van der Waals surface area (Å²) < 4.78 is 24.5. The topological polar surface area (TPSA) is 116 Å². The zero-order valence-electron chi connectivity index (χ0n) is 16.5. The summed E-state index contributed by atoms with van der Waals surface area (Å²) >= 11 is 7.59. The summed E-state index contributed by atoms with van der Waals surface area (Å²) in [5.41, 5.74) is 0.600. The molecule has 2 rings (SSSR count). The molecule has 30 heavy (non-hydrogen) atoms. The highest BCUT2D eigenvalue weighted by atomic mass is 32.2. The number of carbonyl (C=O) groups is 2. The van der Waals surface area contributed by atoms with E-state index in [1.807, 2.05) is 0 Å². The highest BCUT2D eigenvalue weighted by Gasteiger charge is 2.34. The fraction of sp³-hybridized carbons (Fsp3) is 0.368. The third kappa shape index (κ3) is 5.37. The van der Waals surface area contributed by atoms with Crippen LogP contribution in [-0.2, 0) is 19.4 Å². The number of thioether (sulfide) groups is 1. The van der Waals surface area contributed by atoms with Crippen molar-refractivity contribution in [2.24, 2.45) is 0 Å². The average molecular weight is 485 g/mol. The van der Waals surface area contributed by atoms with Gasteiger partial charge in [-0.3, -0.25) is 14.5 Å². The summed E-state index contributed by atoms with van der Waals surface area (Å²) in [5.74, 6) is -1.26. The minimum atomic E-state index is -3.82. The number of carboxylic acid groups (broad SMARTS) is 1. The van der Waals surface area contributed by atoms with Crippen LogP contribution in [0.2, 0.25) is 0 Å². The zero-order valence-corrected chi connectivity index (χ0v) is 19.8. The number of hydrogen-bond acceptors (Lipinski definition) is 8. The molecule has 0 atom stereocenters. The minimum absolute atomic E-state index is 0.0607. The first-order chi connectivity index (χ1) is 13.9. The summed E-state index contributed by atoms with van der Waals surface area (Å²) in [5, 5.41) is 19.9. The van der Waals surface area contributed by atoms with E-state index >= 15 is 0 Å². The molecule has 1 fully saturated rings. The van der Waals surface area contributed by atoms with Crippen molar-refractivity contribution in [2.75, 3.05) is 6.54 Å². The van der Waals surface area contributed by atoms with Crippen LogP contribution in [0.25, 0.3) is 12.2 Å². The first-order valence-electron chi connectivity index (χ1n) is 8.79. The first-order valence-corrected chi connectivity index (χ1v) is 12.4. The molecular weight excluding hydrogens is 464 g/mol. The van der Waals surface area contributed by atoms with E-state index in [4.69, 9.17) is 17.3 Å². The molecular formula is C19H20N2O5S4. The SMILES string of the molecule is CC(C)(C)S(=O)(=O)C(C#N)=Cc1sccc1C=C1SC(=S)N(CCCC(=O)O)C1=O. The van der Waals surface area contributed by atoms with Crippen molar-refractivity contribution in [2.45, 2.75) is 38.4 Å². The van der Waals surface area contributed by atoms with Gasteiger partial charge in [-0.1, -0.05) is 24.0 Å². The Hall–Kier alpha value is -2.00. The van der Waals surface area contributed by atoms with Crippen LogP contribution in [0.3, 0.4) is 0 Å². The van der Waals surface area contributed by atoms with E-state index in [0.717, 1.165) is 11.8 Å². The average Bonchev–Trinajstić information content (AvgIpc) is 3.17. The molecule has 0 bridgehead atoms. The Morgan fingerprint density at radius 3 is 2.63 bits per heavy atom. The number of allylic oxidation sites excluding steroid dienone is 1. The van der Waals surface area contributed by atoms with Crippen LogP contribution < -0.4 is 0 Å². The molecule has 1 N–H and O–H groups in total. The summed E-state index contributed by atoms with van der Waals surface area (Å²) in [4.78, 5) is 25.2. The lowest BCUT2D eigenvalue weighted by Gasteiger charge is -2.18. The molecule has 1 aromatic heterocycles. The molecule has 0 unspecified atom stereocenters. The first kappa shape index (κ1) is 24.3. The van der Waals surface area contributed by atoms with Gasteiger partial charge in [0.05, 0.1) is 9.65 Å². The Kier molecular flexibility index (Phi) is 7.63. The number of sulfone groups is 1. The number of hydrogen-bond donors (Lipinski definition) is 1. The normalized spacial score (nSPS) is 16.9. The van der Waals surface area contributed by atoms with Crippen molar-refractivity contribution in [1.82, 2.24) is 4.90 Å². The molecule has 2 heterocycles. The standard InChI is InChI=1S/C19H20N2O5S4/c1-19(2,3)30(25,26)13(11-20)10-14-12(6-8-28-14)9-15-17(24)21(18(27)29-15)7-4-5-16(22)23/h6,8-10H,4-5,7H2,1-3H3,(H,22,23).